The largest absolute Gasteiger partial charge is 0.469 e. The van der Waals surface area contributed by atoms with Crippen LogP contribution in [0.2, 0.25) is 0 Å². The highest BCUT2D eigenvalue weighted by atomic mass is 19.1. The standard InChI is InChI=1S/C8H16FNO2/c1-10(7-5-9)6-3-4-8(11)12-2/h3-7H2,1-2H3. The number of rotatable bonds is 6. The summed E-state index contributed by atoms with van der Waals surface area (Å²) in [4.78, 5) is 12.5. The van der Waals surface area contributed by atoms with Gasteiger partial charge in [-0.1, -0.05) is 0 Å². The molecule has 0 aliphatic rings. The van der Waals surface area contributed by atoms with Crippen LogP contribution in [0.3, 0.4) is 0 Å². The SMILES string of the molecule is COC(=O)CCCN(C)CCF. The van der Waals surface area contributed by atoms with Gasteiger partial charge in [0.25, 0.3) is 0 Å². The average Bonchev–Trinajstić information content (AvgIpc) is 2.04. The molecular formula is C8H16FNO2. The summed E-state index contributed by atoms with van der Waals surface area (Å²) >= 11 is 0. The third-order valence-electron chi connectivity index (χ3n) is 1.61. The van der Waals surface area contributed by atoms with E-state index in [-0.39, 0.29) is 12.6 Å². The van der Waals surface area contributed by atoms with Crippen molar-refractivity contribution in [2.24, 2.45) is 0 Å². The topological polar surface area (TPSA) is 29.5 Å². The smallest absolute Gasteiger partial charge is 0.305 e. The van der Waals surface area contributed by atoms with Crippen molar-refractivity contribution in [3.63, 3.8) is 0 Å². The summed E-state index contributed by atoms with van der Waals surface area (Å²) < 4.78 is 16.2. The maximum absolute atomic E-state index is 11.8. The van der Waals surface area contributed by atoms with Crippen molar-refractivity contribution in [1.82, 2.24) is 4.90 Å². The number of carbonyl (C=O) groups is 1. The van der Waals surface area contributed by atoms with Gasteiger partial charge in [-0.25, -0.2) is 4.39 Å². The van der Waals surface area contributed by atoms with Crippen LogP contribution in [0.4, 0.5) is 4.39 Å². The molecule has 3 nitrogen and oxygen atoms in total. The second kappa shape index (κ2) is 7.03. The van der Waals surface area contributed by atoms with Gasteiger partial charge in [0.05, 0.1) is 7.11 Å². The molecule has 0 aromatic rings. The van der Waals surface area contributed by atoms with Crippen molar-refractivity contribution < 1.29 is 13.9 Å². The fourth-order valence-electron chi connectivity index (χ4n) is 0.851. The monoisotopic (exact) mass is 177 g/mol. The Hall–Kier alpha value is -0.640. The Morgan fingerprint density at radius 1 is 1.50 bits per heavy atom. The Morgan fingerprint density at radius 3 is 2.67 bits per heavy atom. The van der Waals surface area contributed by atoms with Gasteiger partial charge < -0.3 is 9.64 Å². The van der Waals surface area contributed by atoms with Crippen LogP contribution in [-0.4, -0.2) is 44.8 Å². The van der Waals surface area contributed by atoms with Crippen molar-refractivity contribution >= 4 is 5.97 Å². The second-order valence-electron chi connectivity index (χ2n) is 2.67. The minimum absolute atomic E-state index is 0.205. The molecule has 0 aliphatic heterocycles. The highest BCUT2D eigenvalue weighted by molar-refractivity contribution is 5.68. The third kappa shape index (κ3) is 6.09. The van der Waals surface area contributed by atoms with E-state index in [0.717, 1.165) is 13.0 Å². The lowest BCUT2D eigenvalue weighted by Crippen LogP contribution is -2.22. The summed E-state index contributed by atoms with van der Waals surface area (Å²) in [5, 5.41) is 0. The molecule has 0 aliphatic carbocycles. The van der Waals surface area contributed by atoms with Crippen LogP contribution < -0.4 is 0 Å². The Bertz CT molecular complexity index is 130. The number of nitrogens with zero attached hydrogens (tertiary/aromatic N) is 1. The van der Waals surface area contributed by atoms with Gasteiger partial charge in [-0.2, -0.15) is 0 Å². The lowest BCUT2D eigenvalue weighted by Gasteiger charge is -2.13. The first kappa shape index (κ1) is 11.4. The molecule has 4 heteroatoms. The molecule has 0 heterocycles. The Morgan fingerprint density at radius 2 is 2.17 bits per heavy atom. The molecule has 0 unspecified atom stereocenters. The molecule has 0 fully saturated rings. The highest BCUT2D eigenvalue weighted by Gasteiger charge is 2.01. The predicted molar refractivity (Wildman–Crippen MR) is 44.7 cm³/mol. The first-order chi connectivity index (χ1) is 5.70. The number of halogens is 1. The highest BCUT2D eigenvalue weighted by Crippen LogP contribution is 1.94. The molecule has 0 rings (SSSR count). The van der Waals surface area contributed by atoms with Crippen LogP contribution in [0, 0.1) is 0 Å². The quantitative estimate of drug-likeness (QED) is 0.563. The zero-order valence-electron chi connectivity index (χ0n) is 7.68. The van der Waals surface area contributed by atoms with E-state index in [1.807, 2.05) is 11.9 Å². The van der Waals surface area contributed by atoms with Gasteiger partial charge in [-0.3, -0.25) is 4.79 Å². The Kier molecular flexibility index (Phi) is 6.66. The summed E-state index contributed by atoms with van der Waals surface area (Å²) in [6, 6.07) is 0. The Labute approximate surface area is 72.5 Å². The van der Waals surface area contributed by atoms with Crippen molar-refractivity contribution in [1.29, 1.82) is 0 Å². The molecule has 0 bridgehead atoms. The van der Waals surface area contributed by atoms with E-state index >= 15 is 0 Å². The van der Waals surface area contributed by atoms with Gasteiger partial charge in [0.15, 0.2) is 0 Å². The molecule has 0 amide bonds. The summed E-state index contributed by atoms with van der Waals surface area (Å²) in [5.41, 5.74) is 0. The number of hydrogen-bond acceptors (Lipinski definition) is 3. The lowest BCUT2D eigenvalue weighted by atomic mass is 10.3. The first-order valence-electron chi connectivity index (χ1n) is 4.02. The molecule has 0 aromatic heterocycles. The zero-order valence-corrected chi connectivity index (χ0v) is 7.68. The number of methoxy groups -OCH3 is 1. The number of esters is 1. The van der Waals surface area contributed by atoms with Gasteiger partial charge >= 0.3 is 5.97 Å². The summed E-state index contributed by atoms with van der Waals surface area (Å²) in [6.45, 7) is 0.828. The maximum atomic E-state index is 11.8. The van der Waals surface area contributed by atoms with E-state index in [9.17, 15) is 9.18 Å². The molecular weight excluding hydrogens is 161 g/mol. The number of ether oxygens (including phenoxy) is 1. The third-order valence-corrected chi connectivity index (χ3v) is 1.61. The summed E-state index contributed by atoms with van der Waals surface area (Å²) in [6.07, 6.45) is 1.14. The lowest BCUT2D eigenvalue weighted by molar-refractivity contribution is -0.140. The van der Waals surface area contributed by atoms with Gasteiger partial charge in [0, 0.05) is 13.0 Å². The summed E-state index contributed by atoms with van der Waals surface area (Å²) in [5.74, 6) is -0.205. The van der Waals surface area contributed by atoms with E-state index < -0.39 is 0 Å². The molecule has 0 N–H and O–H groups in total. The van der Waals surface area contributed by atoms with Crippen LogP contribution in [-0.2, 0) is 9.53 Å². The fourth-order valence-corrected chi connectivity index (χ4v) is 0.851. The minimum atomic E-state index is -0.339. The molecule has 0 aromatic carbocycles. The van der Waals surface area contributed by atoms with Gasteiger partial charge in [-0.05, 0) is 20.0 Å². The maximum Gasteiger partial charge on any atom is 0.305 e. The predicted octanol–water partition coefficient (Wildman–Crippen LogP) is 0.841. The van der Waals surface area contributed by atoms with Crippen molar-refractivity contribution in [3.8, 4) is 0 Å². The second-order valence-corrected chi connectivity index (χ2v) is 2.67. The van der Waals surface area contributed by atoms with Gasteiger partial charge in [0.2, 0.25) is 0 Å². The van der Waals surface area contributed by atoms with Crippen molar-refractivity contribution in [2.45, 2.75) is 12.8 Å². The molecule has 72 valence electrons. The number of hydrogen-bond donors (Lipinski definition) is 0. The van der Waals surface area contributed by atoms with Crippen LogP contribution in [0.25, 0.3) is 0 Å². The molecule has 0 saturated heterocycles. The van der Waals surface area contributed by atoms with Crippen LogP contribution in [0.5, 0.6) is 0 Å². The summed E-state index contributed by atoms with van der Waals surface area (Å²) in [7, 11) is 3.20. The molecule has 0 saturated carbocycles. The molecule has 0 spiro atoms. The molecule has 0 atom stereocenters. The van der Waals surface area contributed by atoms with E-state index in [4.69, 9.17) is 0 Å². The number of carbonyl (C=O) groups excluding carboxylic acids is 1. The van der Waals surface area contributed by atoms with E-state index in [1.54, 1.807) is 0 Å². The van der Waals surface area contributed by atoms with E-state index in [0.29, 0.717) is 13.0 Å². The van der Waals surface area contributed by atoms with Gasteiger partial charge in [-0.15, -0.1) is 0 Å². The van der Waals surface area contributed by atoms with Crippen LogP contribution in [0.15, 0.2) is 0 Å². The van der Waals surface area contributed by atoms with Crippen molar-refractivity contribution in [2.75, 3.05) is 33.9 Å². The van der Waals surface area contributed by atoms with E-state index in [2.05, 4.69) is 4.74 Å². The van der Waals surface area contributed by atoms with Crippen molar-refractivity contribution in [3.05, 3.63) is 0 Å². The number of alkyl halides is 1. The van der Waals surface area contributed by atoms with E-state index in [1.165, 1.54) is 7.11 Å². The average molecular weight is 177 g/mol. The van der Waals surface area contributed by atoms with Crippen LogP contribution in [0.1, 0.15) is 12.8 Å². The van der Waals surface area contributed by atoms with Crippen LogP contribution >= 0.6 is 0 Å². The normalized spacial score (nSPS) is 10.3. The minimum Gasteiger partial charge on any atom is -0.469 e. The fraction of sp³-hybridized carbons (Fsp3) is 0.875. The molecule has 12 heavy (non-hydrogen) atoms. The van der Waals surface area contributed by atoms with Gasteiger partial charge in [0.1, 0.15) is 6.67 Å². The first-order valence-corrected chi connectivity index (χ1v) is 4.02. The zero-order chi connectivity index (χ0) is 9.40. The Balaban J connectivity index is 3.24. The molecule has 0 radical (unpaired) electrons.